The first kappa shape index (κ1) is 22.7. The van der Waals surface area contributed by atoms with Gasteiger partial charge in [-0.1, -0.05) is 23.9 Å². The minimum absolute atomic E-state index is 0.158. The van der Waals surface area contributed by atoms with Crippen LogP contribution < -0.4 is 5.56 Å². The average Bonchev–Trinajstić information content (AvgIpc) is 3.26. The first-order chi connectivity index (χ1) is 16.6. The van der Waals surface area contributed by atoms with E-state index in [1.807, 2.05) is 25.1 Å². The van der Waals surface area contributed by atoms with Crippen LogP contribution in [0.4, 0.5) is 4.39 Å². The molecular weight excluding hydrogens is 455 g/mol. The molecule has 0 radical (unpaired) electrons. The van der Waals surface area contributed by atoms with Crippen LogP contribution in [0, 0.1) is 5.82 Å². The maximum absolute atomic E-state index is 13.5. The van der Waals surface area contributed by atoms with Gasteiger partial charge < -0.3 is 14.3 Å². The predicted molar refractivity (Wildman–Crippen MR) is 129 cm³/mol. The smallest absolute Gasteiger partial charge is 0.258 e. The average molecular weight is 481 g/mol. The van der Waals surface area contributed by atoms with Gasteiger partial charge in [0.2, 0.25) is 0 Å². The SMILES string of the molecule is C[C@H](Sc1nnc(-c2ccc(F)cc2)n1CCN1CCOCC1)c1nc2ccccc2c(=O)[nH]1. The van der Waals surface area contributed by atoms with Crippen molar-refractivity contribution < 1.29 is 9.13 Å². The molecule has 176 valence electrons. The summed E-state index contributed by atoms with van der Waals surface area (Å²) in [4.78, 5) is 22.4. The third kappa shape index (κ3) is 4.89. The van der Waals surface area contributed by atoms with Crippen molar-refractivity contribution >= 4 is 22.7 Å². The van der Waals surface area contributed by atoms with Gasteiger partial charge in [0.05, 0.1) is 29.4 Å². The molecule has 0 bridgehead atoms. The van der Waals surface area contributed by atoms with Crippen LogP contribution in [0.3, 0.4) is 0 Å². The van der Waals surface area contributed by atoms with Gasteiger partial charge in [-0.15, -0.1) is 10.2 Å². The number of aromatic amines is 1. The van der Waals surface area contributed by atoms with Crippen molar-refractivity contribution in [3.05, 3.63) is 70.5 Å². The van der Waals surface area contributed by atoms with Crippen molar-refractivity contribution in [1.82, 2.24) is 29.6 Å². The van der Waals surface area contributed by atoms with E-state index in [-0.39, 0.29) is 16.6 Å². The number of hydrogen-bond donors (Lipinski definition) is 1. The van der Waals surface area contributed by atoms with Crippen LogP contribution >= 0.6 is 11.8 Å². The Hall–Kier alpha value is -3.08. The summed E-state index contributed by atoms with van der Waals surface area (Å²) in [5, 5.41) is 10.00. The summed E-state index contributed by atoms with van der Waals surface area (Å²) >= 11 is 1.49. The van der Waals surface area contributed by atoms with Crippen molar-refractivity contribution in [1.29, 1.82) is 0 Å². The van der Waals surface area contributed by atoms with Crippen molar-refractivity contribution in [3.8, 4) is 11.4 Å². The number of benzene rings is 2. The van der Waals surface area contributed by atoms with E-state index in [0.717, 1.165) is 43.6 Å². The number of halogens is 1. The molecule has 1 fully saturated rings. The number of aromatic nitrogens is 5. The van der Waals surface area contributed by atoms with Crippen molar-refractivity contribution in [2.75, 3.05) is 32.8 Å². The van der Waals surface area contributed by atoms with E-state index in [1.54, 1.807) is 18.2 Å². The van der Waals surface area contributed by atoms with E-state index >= 15 is 0 Å². The Balaban J connectivity index is 1.44. The maximum Gasteiger partial charge on any atom is 0.258 e. The molecule has 2 aromatic carbocycles. The fourth-order valence-electron chi connectivity index (χ4n) is 3.97. The minimum atomic E-state index is -0.294. The van der Waals surface area contributed by atoms with Crippen LogP contribution in [-0.2, 0) is 11.3 Å². The second-order valence-corrected chi connectivity index (χ2v) is 9.46. The highest BCUT2D eigenvalue weighted by molar-refractivity contribution is 7.99. The number of rotatable bonds is 7. The van der Waals surface area contributed by atoms with Crippen LogP contribution in [0.1, 0.15) is 18.0 Å². The summed E-state index contributed by atoms with van der Waals surface area (Å²) in [5.41, 5.74) is 1.30. The van der Waals surface area contributed by atoms with E-state index in [1.165, 1.54) is 23.9 Å². The zero-order chi connectivity index (χ0) is 23.5. The van der Waals surface area contributed by atoms with Crippen LogP contribution in [0.25, 0.3) is 22.3 Å². The van der Waals surface area contributed by atoms with Crippen molar-refractivity contribution in [3.63, 3.8) is 0 Å². The molecule has 0 saturated carbocycles. The first-order valence-corrected chi connectivity index (χ1v) is 12.1. The van der Waals surface area contributed by atoms with Crippen LogP contribution in [-0.4, -0.2) is 62.5 Å². The van der Waals surface area contributed by atoms with Crippen LogP contribution in [0.15, 0.2) is 58.5 Å². The molecule has 4 aromatic rings. The molecule has 3 heterocycles. The summed E-state index contributed by atoms with van der Waals surface area (Å²) in [6.45, 7) is 6.71. The lowest BCUT2D eigenvalue weighted by Gasteiger charge is -2.27. The standard InChI is InChI=1S/C24H25FN6O2S/c1-16(21-26-20-5-3-2-4-19(20)23(32)27-21)34-24-29-28-22(17-6-8-18(25)9-7-17)31(24)11-10-30-12-14-33-15-13-30/h2-9,16H,10-15H2,1H3,(H,26,27,32)/t16-/m0/s1. The molecule has 1 aliphatic rings. The molecule has 1 atom stereocenters. The summed E-state index contributed by atoms with van der Waals surface area (Å²) in [5.74, 6) is 0.973. The Labute approximate surface area is 200 Å². The number of para-hydroxylation sites is 1. The molecule has 0 spiro atoms. The normalized spacial score (nSPS) is 15.6. The van der Waals surface area contributed by atoms with Crippen LogP contribution in [0.2, 0.25) is 0 Å². The minimum Gasteiger partial charge on any atom is -0.379 e. The molecule has 1 aliphatic heterocycles. The molecular formula is C24H25FN6O2S. The second kappa shape index (κ2) is 10.0. The van der Waals surface area contributed by atoms with E-state index in [4.69, 9.17) is 4.74 Å². The van der Waals surface area contributed by atoms with Gasteiger partial charge in [-0.2, -0.15) is 0 Å². The molecule has 5 rings (SSSR count). The highest BCUT2D eigenvalue weighted by atomic mass is 32.2. The summed E-state index contributed by atoms with van der Waals surface area (Å²) < 4.78 is 21.0. The quantitative estimate of drug-likeness (QED) is 0.405. The molecule has 0 unspecified atom stereocenters. The van der Waals surface area contributed by atoms with Gasteiger partial charge in [0.25, 0.3) is 5.56 Å². The zero-order valence-corrected chi connectivity index (χ0v) is 19.6. The predicted octanol–water partition coefficient (Wildman–Crippen LogP) is 3.51. The molecule has 2 aromatic heterocycles. The topological polar surface area (TPSA) is 88.9 Å². The molecule has 34 heavy (non-hydrogen) atoms. The number of thioether (sulfide) groups is 1. The summed E-state index contributed by atoms with van der Waals surface area (Å²) in [6.07, 6.45) is 0. The number of fused-ring (bicyclic) bond motifs is 1. The molecule has 1 saturated heterocycles. The monoisotopic (exact) mass is 480 g/mol. The fraction of sp³-hybridized carbons (Fsp3) is 0.333. The fourth-order valence-corrected chi connectivity index (χ4v) is 4.90. The lowest BCUT2D eigenvalue weighted by Crippen LogP contribution is -2.38. The first-order valence-electron chi connectivity index (χ1n) is 11.2. The Morgan fingerprint density at radius 3 is 2.65 bits per heavy atom. The number of ether oxygens (including phenoxy) is 1. The Morgan fingerprint density at radius 1 is 1.09 bits per heavy atom. The number of morpholine rings is 1. The number of hydrogen-bond acceptors (Lipinski definition) is 7. The summed E-state index contributed by atoms with van der Waals surface area (Å²) in [7, 11) is 0. The van der Waals surface area contributed by atoms with Gasteiger partial charge in [0, 0.05) is 31.7 Å². The van der Waals surface area contributed by atoms with Gasteiger partial charge in [-0.3, -0.25) is 9.69 Å². The third-order valence-electron chi connectivity index (χ3n) is 5.86. The van der Waals surface area contributed by atoms with Crippen molar-refractivity contribution in [2.24, 2.45) is 0 Å². The Bertz CT molecular complexity index is 1330. The third-order valence-corrected chi connectivity index (χ3v) is 6.95. The largest absolute Gasteiger partial charge is 0.379 e. The second-order valence-electron chi connectivity index (χ2n) is 8.15. The van der Waals surface area contributed by atoms with E-state index in [0.29, 0.717) is 29.1 Å². The number of nitrogens with zero attached hydrogens (tertiary/aromatic N) is 5. The lowest BCUT2D eigenvalue weighted by molar-refractivity contribution is 0.0361. The Morgan fingerprint density at radius 2 is 1.85 bits per heavy atom. The zero-order valence-electron chi connectivity index (χ0n) is 18.8. The van der Waals surface area contributed by atoms with Crippen molar-refractivity contribution in [2.45, 2.75) is 23.9 Å². The number of nitrogens with one attached hydrogen (secondary N) is 1. The van der Waals surface area contributed by atoms with Gasteiger partial charge in [0.1, 0.15) is 11.6 Å². The molecule has 0 aliphatic carbocycles. The van der Waals surface area contributed by atoms with E-state index in [9.17, 15) is 9.18 Å². The van der Waals surface area contributed by atoms with E-state index < -0.39 is 0 Å². The van der Waals surface area contributed by atoms with Crippen LogP contribution in [0.5, 0.6) is 0 Å². The summed E-state index contributed by atoms with van der Waals surface area (Å²) in [6, 6.07) is 13.6. The number of H-pyrrole nitrogens is 1. The van der Waals surface area contributed by atoms with Gasteiger partial charge in [-0.05, 0) is 43.3 Å². The lowest BCUT2D eigenvalue weighted by atomic mass is 10.2. The highest BCUT2D eigenvalue weighted by Gasteiger charge is 2.21. The molecule has 0 amide bonds. The van der Waals surface area contributed by atoms with E-state index in [2.05, 4.69) is 29.6 Å². The highest BCUT2D eigenvalue weighted by Crippen LogP contribution is 2.34. The van der Waals surface area contributed by atoms with Gasteiger partial charge >= 0.3 is 0 Å². The van der Waals surface area contributed by atoms with Gasteiger partial charge in [-0.25, -0.2) is 9.37 Å². The molecule has 8 nitrogen and oxygen atoms in total. The molecule has 1 N–H and O–H groups in total. The molecule has 10 heteroatoms. The van der Waals surface area contributed by atoms with Gasteiger partial charge in [0.15, 0.2) is 11.0 Å². The Kier molecular flexibility index (Phi) is 6.70. The maximum atomic E-state index is 13.5.